The van der Waals surface area contributed by atoms with Gasteiger partial charge in [-0.05, 0) is 18.4 Å². The van der Waals surface area contributed by atoms with Gasteiger partial charge in [0.2, 0.25) is 0 Å². The number of rotatable bonds is 7. The maximum Gasteiger partial charge on any atom is 0.257 e. The molecule has 25 heavy (non-hydrogen) atoms. The number of aromatic nitrogens is 2. The molecule has 0 saturated carbocycles. The third kappa shape index (κ3) is 4.46. The molecule has 1 N–H and O–H groups in total. The first kappa shape index (κ1) is 17.6. The second-order valence-corrected chi connectivity index (χ2v) is 6.27. The van der Waals surface area contributed by atoms with Gasteiger partial charge in [0.15, 0.2) is 5.82 Å². The highest BCUT2D eigenvalue weighted by Crippen LogP contribution is 2.25. The zero-order valence-corrected chi connectivity index (χ0v) is 14.7. The lowest BCUT2D eigenvalue weighted by molar-refractivity contribution is 0.143. The van der Waals surface area contributed by atoms with Crippen LogP contribution in [-0.4, -0.2) is 65.9 Å². The van der Waals surface area contributed by atoms with E-state index in [1.165, 1.54) is 5.56 Å². The number of ether oxygens (including phenoxy) is 1. The minimum Gasteiger partial charge on any atom is -0.478 e. The van der Waals surface area contributed by atoms with Gasteiger partial charge in [-0.3, -0.25) is 4.90 Å². The van der Waals surface area contributed by atoms with Crippen molar-refractivity contribution in [1.82, 2.24) is 14.9 Å². The molecule has 3 rings (SSSR count). The smallest absolute Gasteiger partial charge is 0.257 e. The number of aliphatic hydroxyl groups excluding tert-OH is 1. The molecule has 2 aromatic rings. The van der Waals surface area contributed by atoms with Crippen molar-refractivity contribution in [1.29, 1.82) is 0 Å². The first-order valence-corrected chi connectivity index (χ1v) is 8.80. The fraction of sp³-hybridized carbons (Fsp3) is 0.474. The Bertz CT molecular complexity index is 653. The van der Waals surface area contributed by atoms with Crippen LogP contribution in [0.5, 0.6) is 5.88 Å². The number of aliphatic hydroxyl groups is 1. The summed E-state index contributed by atoms with van der Waals surface area (Å²) >= 11 is 0. The standard InChI is InChI=1S/C19H26N4O2/c1-25-19-18(20-9-10-21-19)23-13-12-22(17(15-23)8-14-24)11-7-16-5-3-2-4-6-16/h2-6,9-10,17,24H,7-8,11-15H2,1H3/t17-/m0/s1. The van der Waals surface area contributed by atoms with Gasteiger partial charge in [-0.2, -0.15) is 0 Å². The van der Waals surface area contributed by atoms with Crippen LogP contribution in [0.3, 0.4) is 0 Å². The molecule has 1 atom stereocenters. The van der Waals surface area contributed by atoms with Crippen LogP contribution in [0, 0.1) is 0 Å². The lowest BCUT2D eigenvalue weighted by Crippen LogP contribution is -2.54. The van der Waals surface area contributed by atoms with Gasteiger partial charge in [-0.25, -0.2) is 9.97 Å². The molecular weight excluding hydrogens is 316 g/mol. The van der Waals surface area contributed by atoms with Crippen LogP contribution >= 0.6 is 0 Å². The van der Waals surface area contributed by atoms with Crippen LogP contribution in [0.4, 0.5) is 5.82 Å². The predicted molar refractivity (Wildman–Crippen MR) is 98.0 cm³/mol. The SMILES string of the molecule is COc1nccnc1N1CCN(CCc2ccccc2)[C@@H](CCO)C1. The van der Waals surface area contributed by atoms with Gasteiger partial charge in [0, 0.05) is 51.2 Å². The molecule has 6 nitrogen and oxygen atoms in total. The van der Waals surface area contributed by atoms with Gasteiger partial charge in [0.1, 0.15) is 0 Å². The van der Waals surface area contributed by atoms with Crippen molar-refractivity contribution in [3.8, 4) is 5.88 Å². The van der Waals surface area contributed by atoms with Crippen LogP contribution in [-0.2, 0) is 6.42 Å². The van der Waals surface area contributed by atoms with Gasteiger partial charge >= 0.3 is 0 Å². The molecule has 1 aliphatic rings. The van der Waals surface area contributed by atoms with Crippen molar-refractivity contribution in [3.63, 3.8) is 0 Å². The predicted octanol–water partition coefficient (Wildman–Crippen LogP) is 1.60. The molecule has 0 unspecified atom stereocenters. The second kappa shape index (κ2) is 8.78. The summed E-state index contributed by atoms with van der Waals surface area (Å²) in [7, 11) is 1.62. The highest BCUT2D eigenvalue weighted by atomic mass is 16.5. The Balaban J connectivity index is 1.65. The van der Waals surface area contributed by atoms with Crippen LogP contribution in [0.15, 0.2) is 42.7 Å². The van der Waals surface area contributed by atoms with Crippen LogP contribution in [0.1, 0.15) is 12.0 Å². The first-order chi connectivity index (χ1) is 12.3. The van der Waals surface area contributed by atoms with Crippen molar-refractivity contribution in [3.05, 3.63) is 48.3 Å². The molecule has 1 fully saturated rings. The number of hydrogen-bond acceptors (Lipinski definition) is 6. The third-order valence-corrected chi connectivity index (χ3v) is 4.74. The van der Waals surface area contributed by atoms with Crippen molar-refractivity contribution in [2.45, 2.75) is 18.9 Å². The maximum atomic E-state index is 9.48. The Labute approximate surface area is 149 Å². The van der Waals surface area contributed by atoms with Crippen molar-refractivity contribution in [2.24, 2.45) is 0 Å². The molecule has 0 amide bonds. The first-order valence-electron chi connectivity index (χ1n) is 8.80. The molecule has 0 aliphatic carbocycles. The molecule has 1 aliphatic heterocycles. The summed E-state index contributed by atoms with van der Waals surface area (Å²) < 4.78 is 5.35. The van der Waals surface area contributed by atoms with Crippen molar-refractivity contribution >= 4 is 5.82 Å². The zero-order chi connectivity index (χ0) is 17.5. The molecule has 6 heteroatoms. The minimum atomic E-state index is 0.192. The lowest BCUT2D eigenvalue weighted by atomic mass is 10.1. The van der Waals surface area contributed by atoms with E-state index in [0.717, 1.165) is 44.8 Å². The average molecular weight is 342 g/mol. The number of piperazine rings is 1. The van der Waals surface area contributed by atoms with Gasteiger partial charge in [0.25, 0.3) is 5.88 Å². The summed E-state index contributed by atoms with van der Waals surface area (Å²) in [6.07, 6.45) is 5.12. The van der Waals surface area contributed by atoms with Crippen LogP contribution < -0.4 is 9.64 Å². The Morgan fingerprint density at radius 1 is 1.16 bits per heavy atom. The summed E-state index contributed by atoms with van der Waals surface area (Å²) in [6, 6.07) is 10.8. The van der Waals surface area contributed by atoms with Gasteiger partial charge in [-0.15, -0.1) is 0 Å². The molecular formula is C19H26N4O2. The van der Waals surface area contributed by atoms with Gasteiger partial charge < -0.3 is 14.7 Å². The molecule has 1 saturated heterocycles. The Kier molecular flexibility index (Phi) is 6.19. The molecule has 1 aromatic carbocycles. The van der Waals surface area contributed by atoms with Gasteiger partial charge in [0.05, 0.1) is 7.11 Å². The van der Waals surface area contributed by atoms with E-state index in [2.05, 4.69) is 44.0 Å². The number of anilines is 1. The summed E-state index contributed by atoms with van der Waals surface area (Å²) in [4.78, 5) is 13.4. The molecule has 1 aromatic heterocycles. The quantitative estimate of drug-likeness (QED) is 0.825. The van der Waals surface area contributed by atoms with Crippen molar-refractivity contribution < 1.29 is 9.84 Å². The van der Waals surface area contributed by atoms with Crippen molar-refractivity contribution in [2.75, 3.05) is 44.8 Å². The molecule has 0 spiro atoms. The Morgan fingerprint density at radius 3 is 2.72 bits per heavy atom. The van der Waals surface area contributed by atoms with Crippen LogP contribution in [0.25, 0.3) is 0 Å². The molecule has 2 heterocycles. The summed E-state index contributed by atoms with van der Waals surface area (Å²) in [6.45, 7) is 3.84. The number of benzene rings is 1. The lowest BCUT2D eigenvalue weighted by Gasteiger charge is -2.42. The highest BCUT2D eigenvalue weighted by Gasteiger charge is 2.28. The summed E-state index contributed by atoms with van der Waals surface area (Å²) in [5, 5.41) is 9.48. The molecule has 134 valence electrons. The normalized spacial score (nSPS) is 18.3. The van der Waals surface area contributed by atoms with E-state index in [1.807, 2.05) is 6.07 Å². The fourth-order valence-corrected chi connectivity index (χ4v) is 3.40. The average Bonchev–Trinajstić information content (AvgIpc) is 2.68. The van der Waals surface area contributed by atoms with E-state index in [0.29, 0.717) is 11.9 Å². The number of hydrogen-bond donors (Lipinski definition) is 1. The fourth-order valence-electron chi connectivity index (χ4n) is 3.40. The van der Waals surface area contributed by atoms with Gasteiger partial charge in [-0.1, -0.05) is 30.3 Å². The van der Waals surface area contributed by atoms with E-state index < -0.39 is 0 Å². The topological polar surface area (TPSA) is 61.7 Å². The number of methoxy groups -OCH3 is 1. The number of nitrogens with zero attached hydrogens (tertiary/aromatic N) is 4. The summed E-state index contributed by atoms with van der Waals surface area (Å²) in [5.41, 5.74) is 1.35. The second-order valence-electron chi connectivity index (χ2n) is 6.27. The summed E-state index contributed by atoms with van der Waals surface area (Å²) in [5.74, 6) is 1.35. The minimum absolute atomic E-state index is 0.192. The van der Waals surface area contributed by atoms with Crippen LogP contribution in [0.2, 0.25) is 0 Å². The maximum absolute atomic E-state index is 9.48. The Hall–Kier alpha value is -2.18. The highest BCUT2D eigenvalue weighted by molar-refractivity contribution is 5.48. The zero-order valence-electron chi connectivity index (χ0n) is 14.7. The largest absolute Gasteiger partial charge is 0.478 e. The van der Waals surface area contributed by atoms with E-state index >= 15 is 0 Å². The van der Waals surface area contributed by atoms with E-state index in [9.17, 15) is 5.11 Å². The van der Waals surface area contributed by atoms with E-state index in [1.54, 1.807) is 19.5 Å². The molecule has 0 bridgehead atoms. The van der Waals surface area contributed by atoms with E-state index in [4.69, 9.17) is 4.74 Å². The Morgan fingerprint density at radius 2 is 1.96 bits per heavy atom. The monoisotopic (exact) mass is 342 g/mol. The molecule has 0 radical (unpaired) electrons. The van der Waals surface area contributed by atoms with E-state index in [-0.39, 0.29) is 6.61 Å². The third-order valence-electron chi connectivity index (χ3n) is 4.74.